The van der Waals surface area contributed by atoms with Gasteiger partial charge in [0.25, 0.3) is 0 Å². The molecule has 0 aliphatic carbocycles. The first-order chi connectivity index (χ1) is 5.73. The molecule has 0 aromatic carbocycles. The Morgan fingerprint density at radius 2 is 0.867 bits per heavy atom. The Hall–Kier alpha value is 0.810. The number of hydrogen-bond donors (Lipinski definition) is 5. The van der Waals surface area contributed by atoms with Gasteiger partial charge in [-0.05, 0) is 0 Å². The van der Waals surface area contributed by atoms with Crippen LogP contribution in [0, 0.1) is 0 Å². The maximum absolute atomic E-state index is 8.74. The third-order valence-corrected chi connectivity index (χ3v) is 0. The zero-order valence-electron chi connectivity index (χ0n) is 6.91. The van der Waals surface area contributed by atoms with Gasteiger partial charge in [-0.2, -0.15) is 16.8 Å². The van der Waals surface area contributed by atoms with Crippen LogP contribution in [0.2, 0.25) is 0 Å². The van der Waals surface area contributed by atoms with E-state index in [-0.39, 0.29) is 29.6 Å². The summed E-state index contributed by atoms with van der Waals surface area (Å²) >= 11 is -2.86. The van der Waals surface area contributed by atoms with Gasteiger partial charge in [-0.1, -0.05) is 0 Å². The molecule has 0 saturated heterocycles. The van der Waals surface area contributed by atoms with Crippen LogP contribution in [0.15, 0.2) is 0 Å². The van der Waals surface area contributed by atoms with Gasteiger partial charge in [0.2, 0.25) is 0 Å². The molecular formula is H5NaO11S3. The molecule has 0 aromatic heterocycles. The second-order valence-corrected chi connectivity index (χ2v) is 3.34. The first kappa shape index (κ1) is 24.9. The van der Waals surface area contributed by atoms with E-state index >= 15 is 0 Å². The van der Waals surface area contributed by atoms with Gasteiger partial charge >= 0.3 is 50.4 Å². The SMILES string of the molecule is O=S(=O)(O)O.O=S(=O)(O)O.O=S([O-])O.[Na+]. The summed E-state index contributed by atoms with van der Waals surface area (Å²) < 4.78 is 87.3. The summed E-state index contributed by atoms with van der Waals surface area (Å²) in [5, 5.41) is 0. The van der Waals surface area contributed by atoms with Crippen molar-refractivity contribution in [2.24, 2.45) is 0 Å². The molecule has 0 rings (SSSR count). The molecule has 0 aliphatic heterocycles. The van der Waals surface area contributed by atoms with Gasteiger partial charge < -0.3 is 9.11 Å². The fourth-order valence-corrected chi connectivity index (χ4v) is 0. The van der Waals surface area contributed by atoms with Crippen molar-refractivity contribution < 1.29 is 77.9 Å². The fraction of sp³-hybridized carbons (Fsp3) is 0. The quantitative estimate of drug-likeness (QED) is 0.162. The summed E-state index contributed by atoms with van der Waals surface area (Å²) in [5.41, 5.74) is 0. The van der Waals surface area contributed by atoms with E-state index in [9.17, 15) is 0 Å². The Morgan fingerprint density at radius 1 is 0.867 bits per heavy atom. The van der Waals surface area contributed by atoms with Gasteiger partial charge in [0.15, 0.2) is 0 Å². The molecule has 5 N–H and O–H groups in total. The summed E-state index contributed by atoms with van der Waals surface area (Å²) in [7, 11) is -9.33. The van der Waals surface area contributed by atoms with Gasteiger partial charge in [-0.3, -0.25) is 18.2 Å². The summed E-state index contributed by atoms with van der Waals surface area (Å²) in [5.74, 6) is 0. The molecule has 90 valence electrons. The Kier molecular flexibility index (Phi) is 18.7. The zero-order valence-corrected chi connectivity index (χ0v) is 11.4. The van der Waals surface area contributed by atoms with Crippen LogP contribution in [0.25, 0.3) is 0 Å². The molecule has 1 unspecified atom stereocenters. The molecule has 0 bridgehead atoms. The fourth-order valence-electron chi connectivity index (χ4n) is 0. The zero-order chi connectivity index (χ0) is 12.6. The summed E-state index contributed by atoms with van der Waals surface area (Å²) in [4.78, 5) is 0. The van der Waals surface area contributed by atoms with Crippen LogP contribution < -0.4 is 29.6 Å². The van der Waals surface area contributed by atoms with Crippen molar-refractivity contribution in [3.8, 4) is 0 Å². The van der Waals surface area contributed by atoms with Crippen LogP contribution in [0.5, 0.6) is 0 Å². The van der Waals surface area contributed by atoms with E-state index in [1.165, 1.54) is 0 Å². The molecule has 0 radical (unpaired) electrons. The molecule has 11 nitrogen and oxygen atoms in total. The van der Waals surface area contributed by atoms with Gasteiger partial charge in [0.1, 0.15) is 0 Å². The predicted octanol–water partition coefficient (Wildman–Crippen LogP) is -4.96. The standard InChI is InChI=1S/Na.2H2O4S.H2O3S/c;2*1-5(2,3)4;1-4(2)3/h;2*(H2,1,2,3,4);(H2,1,2,3)/q+1;;;/p-1. The van der Waals surface area contributed by atoms with Gasteiger partial charge in [-0.15, -0.1) is 0 Å². The van der Waals surface area contributed by atoms with Crippen LogP contribution in [-0.2, 0) is 32.2 Å². The molecule has 0 aliphatic rings. The van der Waals surface area contributed by atoms with Crippen molar-refractivity contribution in [3.05, 3.63) is 0 Å². The minimum Gasteiger partial charge on any atom is -0.750 e. The first-order valence-corrected chi connectivity index (χ1v) is 5.74. The van der Waals surface area contributed by atoms with E-state index < -0.39 is 32.2 Å². The van der Waals surface area contributed by atoms with E-state index in [0.717, 1.165) is 0 Å². The van der Waals surface area contributed by atoms with Crippen molar-refractivity contribution in [2.75, 3.05) is 0 Å². The molecule has 15 heavy (non-hydrogen) atoms. The van der Waals surface area contributed by atoms with E-state index in [0.29, 0.717) is 0 Å². The van der Waals surface area contributed by atoms with Gasteiger partial charge in [0.05, 0.1) is 11.4 Å². The molecular weight excluding hydrogens is 295 g/mol. The van der Waals surface area contributed by atoms with Crippen LogP contribution in [0.4, 0.5) is 0 Å². The normalized spacial score (nSPS) is 11.9. The molecule has 0 fully saturated rings. The van der Waals surface area contributed by atoms with E-state index in [1.807, 2.05) is 0 Å². The Labute approximate surface area is 109 Å². The minimum absolute atomic E-state index is 0. The van der Waals surface area contributed by atoms with Gasteiger partial charge in [0, 0.05) is 0 Å². The van der Waals surface area contributed by atoms with Crippen molar-refractivity contribution in [2.45, 2.75) is 0 Å². The maximum Gasteiger partial charge on any atom is 1.00 e. The second kappa shape index (κ2) is 11.3. The largest absolute Gasteiger partial charge is 1.00 e. The van der Waals surface area contributed by atoms with Crippen molar-refractivity contribution in [1.29, 1.82) is 0 Å². The molecule has 1 atom stereocenters. The average molecular weight is 300 g/mol. The number of hydrogen-bond acceptors (Lipinski definition) is 6. The molecule has 0 heterocycles. The Morgan fingerprint density at radius 3 is 0.867 bits per heavy atom. The van der Waals surface area contributed by atoms with Crippen LogP contribution in [0.1, 0.15) is 0 Å². The van der Waals surface area contributed by atoms with Crippen molar-refractivity contribution in [3.63, 3.8) is 0 Å². The molecule has 15 heteroatoms. The smallest absolute Gasteiger partial charge is 0.750 e. The Balaban J connectivity index is -0.0000000590. The third kappa shape index (κ3) is 3700. The summed E-state index contributed by atoms with van der Waals surface area (Å²) in [6.45, 7) is 0. The van der Waals surface area contributed by atoms with E-state index in [2.05, 4.69) is 0 Å². The monoisotopic (exact) mass is 300 g/mol. The van der Waals surface area contributed by atoms with Crippen molar-refractivity contribution >= 4 is 32.2 Å². The molecule has 0 aromatic rings. The van der Waals surface area contributed by atoms with Crippen LogP contribution >= 0.6 is 0 Å². The summed E-state index contributed by atoms with van der Waals surface area (Å²) in [6, 6.07) is 0. The summed E-state index contributed by atoms with van der Waals surface area (Å²) in [6.07, 6.45) is 0. The molecule has 0 spiro atoms. The second-order valence-electron chi connectivity index (χ2n) is 1.11. The molecule has 0 saturated carbocycles. The van der Waals surface area contributed by atoms with Gasteiger partial charge in [-0.25, -0.2) is 4.21 Å². The Bertz CT molecular complexity index is 282. The van der Waals surface area contributed by atoms with Crippen molar-refractivity contribution in [1.82, 2.24) is 0 Å². The average Bonchev–Trinajstić information content (AvgIpc) is 1.45. The van der Waals surface area contributed by atoms with Crippen LogP contribution in [0.3, 0.4) is 0 Å². The van der Waals surface area contributed by atoms with E-state index in [1.54, 1.807) is 0 Å². The van der Waals surface area contributed by atoms with E-state index in [4.69, 9.17) is 48.4 Å². The molecule has 0 amide bonds. The number of rotatable bonds is 0. The first-order valence-electron chi connectivity index (χ1n) is 1.91. The third-order valence-electron chi connectivity index (χ3n) is 0. The predicted molar refractivity (Wildman–Crippen MR) is 39.9 cm³/mol. The topological polar surface area (TPSA) is 210 Å². The van der Waals surface area contributed by atoms with Crippen LogP contribution in [-0.4, -0.2) is 48.4 Å². The minimum atomic E-state index is -4.67. The maximum atomic E-state index is 8.74.